The van der Waals surface area contributed by atoms with Crippen molar-refractivity contribution in [1.82, 2.24) is 0 Å². The Bertz CT molecular complexity index is 446. The summed E-state index contributed by atoms with van der Waals surface area (Å²) in [6, 6.07) is 6.04. The van der Waals surface area contributed by atoms with E-state index >= 15 is 0 Å². The molecule has 0 amide bonds. The molecule has 1 nitrogen and oxygen atoms in total. The third-order valence-corrected chi connectivity index (χ3v) is 2.61. The van der Waals surface area contributed by atoms with Gasteiger partial charge in [-0.25, -0.2) is 0 Å². The highest BCUT2D eigenvalue weighted by Crippen LogP contribution is 2.19. The minimum Gasteiger partial charge on any atom is -0.497 e. The van der Waals surface area contributed by atoms with Crippen molar-refractivity contribution in [2.45, 2.75) is 39.5 Å². The van der Waals surface area contributed by atoms with E-state index < -0.39 is 0 Å². The zero-order chi connectivity index (χ0) is 13.2. The molecule has 0 unspecified atom stereocenters. The van der Waals surface area contributed by atoms with Crippen LogP contribution in [0.15, 0.2) is 24.3 Å². The van der Waals surface area contributed by atoms with Crippen molar-refractivity contribution in [2.75, 3.05) is 7.11 Å². The summed E-state index contributed by atoms with van der Waals surface area (Å²) in [5, 5.41) is 0. The zero-order valence-corrected chi connectivity index (χ0v) is 11.6. The molecule has 0 N–H and O–H groups in total. The summed E-state index contributed by atoms with van der Waals surface area (Å²) in [5.41, 5.74) is 2.23. The molecule has 0 aliphatic rings. The second kappa shape index (κ2) is 8.42. The van der Waals surface area contributed by atoms with Gasteiger partial charge in [0.15, 0.2) is 0 Å². The van der Waals surface area contributed by atoms with Crippen molar-refractivity contribution in [1.29, 1.82) is 0 Å². The maximum absolute atomic E-state index is 5.26. The Morgan fingerprint density at radius 3 is 2.72 bits per heavy atom. The summed E-state index contributed by atoms with van der Waals surface area (Å²) in [5.74, 6) is 7.31. The molecule has 96 valence electrons. The van der Waals surface area contributed by atoms with Crippen LogP contribution in [-0.4, -0.2) is 7.11 Å². The van der Waals surface area contributed by atoms with Gasteiger partial charge in [-0.1, -0.05) is 44.3 Å². The van der Waals surface area contributed by atoms with Gasteiger partial charge in [-0.05, 0) is 36.6 Å². The first-order valence-corrected chi connectivity index (χ1v) is 6.65. The number of methoxy groups -OCH3 is 1. The van der Waals surface area contributed by atoms with Gasteiger partial charge in [-0.2, -0.15) is 0 Å². The normalized spacial score (nSPS) is 10.2. The number of benzene rings is 1. The Morgan fingerprint density at radius 1 is 1.22 bits per heavy atom. The van der Waals surface area contributed by atoms with Crippen molar-refractivity contribution in [2.24, 2.45) is 0 Å². The van der Waals surface area contributed by atoms with E-state index in [4.69, 9.17) is 4.74 Å². The van der Waals surface area contributed by atoms with Crippen LogP contribution in [0.1, 0.15) is 50.7 Å². The van der Waals surface area contributed by atoms with Gasteiger partial charge in [-0.15, -0.1) is 0 Å². The van der Waals surface area contributed by atoms with E-state index in [2.05, 4.69) is 37.8 Å². The molecule has 1 aromatic rings. The van der Waals surface area contributed by atoms with Gasteiger partial charge in [0.1, 0.15) is 5.75 Å². The first-order chi connectivity index (χ1) is 8.81. The van der Waals surface area contributed by atoms with Gasteiger partial charge in [0.25, 0.3) is 0 Å². The Hall–Kier alpha value is -1.68. The molecular formula is C17H22O. The molecular weight excluding hydrogens is 220 g/mol. The van der Waals surface area contributed by atoms with Gasteiger partial charge >= 0.3 is 0 Å². The van der Waals surface area contributed by atoms with Crippen LogP contribution in [0.25, 0.3) is 6.08 Å². The van der Waals surface area contributed by atoms with Gasteiger partial charge in [0.2, 0.25) is 0 Å². The molecule has 0 radical (unpaired) electrons. The molecule has 0 saturated carbocycles. The quantitative estimate of drug-likeness (QED) is 0.682. The maximum atomic E-state index is 5.26. The van der Waals surface area contributed by atoms with Crippen LogP contribution < -0.4 is 4.74 Å². The highest BCUT2D eigenvalue weighted by atomic mass is 16.5. The van der Waals surface area contributed by atoms with Gasteiger partial charge in [-0.3, -0.25) is 0 Å². The van der Waals surface area contributed by atoms with Crippen molar-refractivity contribution < 1.29 is 4.74 Å². The van der Waals surface area contributed by atoms with Crippen molar-refractivity contribution >= 4 is 6.08 Å². The van der Waals surface area contributed by atoms with E-state index in [0.29, 0.717) is 0 Å². The Balaban J connectivity index is 2.97. The third-order valence-electron chi connectivity index (χ3n) is 2.61. The minimum atomic E-state index is 0.882. The largest absolute Gasteiger partial charge is 0.497 e. The van der Waals surface area contributed by atoms with Crippen LogP contribution in [0.4, 0.5) is 0 Å². The molecule has 1 rings (SSSR count). The van der Waals surface area contributed by atoms with E-state index in [0.717, 1.165) is 42.6 Å². The Kier molecular flexibility index (Phi) is 6.72. The van der Waals surface area contributed by atoms with E-state index in [1.54, 1.807) is 7.11 Å². The molecule has 0 aliphatic heterocycles. The van der Waals surface area contributed by atoms with E-state index in [1.807, 2.05) is 18.2 Å². The maximum Gasteiger partial charge on any atom is 0.119 e. The number of hydrogen-bond acceptors (Lipinski definition) is 1. The Labute approximate surface area is 111 Å². The summed E-state index contributed by atoms with van der Waals surface area (Å²) >= 11 is 0. The molecule has 0 spiro atoms. The monoisotopic (exact) mass is 242 g/mol. The van der Waals surface area contributed by atoms with Crippen molar-refractivity contribution in [3.63, 3.8) is 0 Å². The summed E-state index contributed by atoms with van der Waals surface area (Å²) < 4.78 is 5.26. The van der Waals surface area contributed by atoms with Crippen LogP contribution in [-0.2, 0) is 0 Å². The number of allylic oxidation sites excluding steroid dienone is 1. The molecule has 1 aromatic carbocycles. The molecule has 0 atom stereocenters. The number of ether oxygens (including phenoxy) is 1. The standard InChI is InChI=1S/C17H22O/c1-4-6-8-10-15-12-13-17(18-3)14-16(15)11-9-7-5-2/h9,11-14H,4-7H2,1-3H3/b11-9+. The lowest BCUT2D eigenvalue weighted by molar-refractivity contribution is 0.414. The third kappa shape index (κ3) is 4.67. The lowest BCUT2D eigenvalue weighted by atomic mass is 10.1. The van der Waals surface area contributed by atoms with Gasteiger partial charge in [0, 0.05) is 12.0 Å². The van der Waals surface area contributed by atoms with Crippen LogP contribution >= 0.6 is 0 Å². The predicted octanol–water partition coefficient (Wildman–Crippen LogP) is 4.66. The molecule has 0 bridgehead atoms. The highest BCUT2D eigenvalue weighted by molar-refractivity contribution is 5.61. The van der Waals surface area contributed by atoms with Gasteiger partial charge in [0.05, 0.1) is 7.11 Å². The number of rotatable bonds is 5. The van der Waals surface area contributed by atoms with Crippen LogP contribution in [0.3, 0.4) is 0 Å². The number of hydrogen-bond donors (Lipinski definition) is 0. The fourth-order valence-corrected chi connectivity index (χ4v) is 1.58. The molecule has 0 saturated heterocycles. The van der Waals surface area contributed by atoms with Gasteiger partial charge < -0.3 is 4.74 Å². The zero-order valence-electron chi connectivity index (χ0n) is 11.6. The average molecular weight is 242 g/mol. The molecule has 0 fully saturated rings. The second-order valence-corrected chi connectivity index (χ2v) is 4.20. The minimum absolute atomic E-state index is 0.882. The van der Waals surface area contributed by atoms with E-state index in [-0.39, 0.29) is 0 Å². The molecule has 1 heteroatoms. The molecule has 0 aliphatic carbocycles. The summed E-state index contributed by atoms with van der Waals surface area (Å²) in [6.07, 6.45) is 8.65. The van der Waals surface area contributed by atoms with E-state index in [9.17, 15) is 0 Å². The fraction of sp³-hybridized carbons (Fsp3) is 0.412. The van der Waals surface area contributed by atoms with E-state index in [1.165, 1.54) is 0 Å². The SMILES string of the molecule is CCCC#Cc1ccc(OC)cc1/C=C/CCC. The summed E-state index contributed by atoms with van der Waals surface area (Å²) in [7, 11) is 1.69. The first kappa shape index (κ1) is 14.4. The molecule has 18 heavy (non-hydrogen) atoms. The predicted molar refractivity (Wildman–Crippen MR) is 78.7 cm³/mol. The smallest absolute Gasteiger partial charge is 0.119 e. The van der Waals surface area contributed by atoms with Crippen molar-refractivity contribution in [3.8, 4) is 17.6 Å². The lowest BCUT2D eigenvalue weighted by Gasteiger charge is -2.03. The Morgan fingerprint density at radius 2 is 2.06 bits per heavy atom. The second-order valence-electron chi connectivity index (χ2n) is 4.20. The first-order valence-electron chi connectivity index (χ1n) is 6.65. The molecule has 0 heterocycles. The molecule has 0 aromatic heterocycles. The number of unbranched alkanes of at least 4 members (excludes halogenated alkanes) is 2. The van der Waals surface area contributed by atoms with Crippen LogP contribution in [0.5, 0.6) is 5.75 Å². The van der Waals surface area contributed by atoms with Crippen LogP contribution in [0.2, 0.25) is 0 Å². The summed E-state index contributed by atoms with van der Waals surface area (Å²) in [4.78, 5) is 0. The average Bonchev–Trinajstić information content (AvgIpc) is 2.40. The van der Waals surface area contributed by atoms with Crippen molar-refractivity contribution in [3.05, 3.63) is 35.4 Å². The lowest BCUT2D eigenvalue weighted by Crippen LogP contribution is -1.87. The van der Waals surface area contributed by atoms with Crippen LogP contribution in [0, 0.1) is 11.8 Å². The topological polar surface area (TPSA) is 9.23 Å². The highest BCUT2D eigenvalue weighted by Gasteiger charge is 1.99. The summed E-state index contributed by atoms with van der Waals surface area (Å²) in [6.45, 7) is 4.32. The fourth-order valence-electron chi connectivity index (χ4n) is 1.58.